The van der Waals surface area contributed by atoms with E-state index in [2.05, 4.69) is 62.4 Å². The number of benzene rings is 2. The minimum atomic E-state index is 0.637. The first-order chi connectivity index (χ1) is 7.75. The molecule has 0 fully saturated rings. The number of rotatable bonds is 0. The third-order valence-corrected chi connectivity index (χ3v) is 3.71. The standard InChI is InChI=1S/C16H16/c1-11-9-14-8-7-13-5-3-4-6-15(13)16(14)10-12(11)2/h3-12H,1-2H3. The highest BCUT2D eigenvalue weighted by Gasteiger charge is 2.11. The van der Waals surface area contributed by atoms with Gasteiger partial charge in [0.15, 0.2) is 0 Å². The van der Waals surface area contributed by atoms with E-state index in [1.807, 2.05) is 0 Å². The Labute approximate surface area is 95.9 Å². The summed E-state index contributed by atoms with van der Waals surface area (Å²) in [5, 5.41) is 5.54. The Balaban J connectivity index is 2.49. The van der Waals surface area contributed by atoms with Gasteiger partial charge in [0.2, 0.25) is 0 Å². The normalized spacial score (nSPS) is 23.4. The SMILES string of the molecule is CC1C=c2ccc3ccccc3c2=CC1C. The molecule has 80 valence electrons. The summed E-state index contributed by atoms with van der Waals surface area (Å²) in [5.74, 6) is 1.28. The molecular weight excluding hydrogens is 192 g/mol. The lowest BCUT2D eigenvalue weighted by Crippen LogP contribution is -2.31. The van der Waals surface area contributed by atoms with Crippen LogP contribution >= 0.6 is 0 Å². The van der Waals surface area contributed by atoms with Gasteiger partial charge in [0, 0.05) is 0 Å². The van der Waals surface area contributed by atoms with Crippen molar-refractivity contribution >= 4 is 22.9 Å². The molecule has 0 aliphatic heterocycles. The van der Waals surface area contributed by atoms with Gasteiger partial charge in [-0.25, -0.2) is 0 Å². The molecule has 0 saturated heterocycles. The largest absolute Gasteiger partial charge is 0.0732 e. The molecule has 1 aliphatic rings. The molecule has 0 heterocycles. The Bertz CT molecular complexity index is 649. The van der Waals surface area contributed by atoms with E-state index in [1.54, 1.807) is 0 Å². The highest BCUT2D eigenvalue weighted by Crippen LogP contribution is 2.17. The highest BCUT2D eigenvalue weighted by atomic mass is 14.2. The quantitative estimate of drug-likeness (QED) is 0.624. The van der Waals surface area contributed by atoms with Crippen LogP contribution in [0.25, 0.3) is 22.9 Å². The van der Waals surface area contributed by atoms with Gasteiger partial charge < -0.3 is 0 Å². The maximum absolute atomic E-state index is 2.42. The molecule has 2 unspecified atom stereocenters. The fraction of sp³-hybridized carbons (Fsp3) is 0.250. The molecule has 0 nitrogen and oxygen atoms in total. The van der Waals surface area contributed by atoms with E-state index < -0.39 is 0 Å². The predicted molar refractivity (Wildman–Crippen MR) is 70.5 cm³/mol. The van der Waals surface area contributed by atoms with E-state index in [9.17, 15) is 0 Å². The zero-order valence-corrected chi connectivity index (χ0v) is 9.77. The van der Waals surface area contributed by atoms with Crippen LogP contribution in [0.5, 0.6) is 0 Å². The summed E-state index contributed by atoms with van der Waals surface area (Å²) in [6, 6.07) is 13.1. The van der Waals surface area contributed by atoms with Crippen LogP contribution in [0.1, 0.15) is 13.8 Å². The van der Waals surface area contributed by atoms with Crippen molar-refractivity contribution < 1.29 is 0 Å². The van der Waals surface area contributed by atoms with Gasteiger partial charge in [0.1, 0.15) is 0 Å². The fourth-order valence-electron chi connectivity index (χ4n) is 2.49. The van der Waals surface area contributed by atoms with Gasteiger partial charge in [-0.2, -0.15) is 0 Å². The first-order valence-electron chi connectivity index (χ1n) is 5.97. The van der Waals surface area contributed by atoms with Crippen molar-refractivity contribution in [2.75, 3.05) is 0 Å². The van der Waals surface area contributed by atoms with E-state index in [4.69, 9.17) is 0 Å². The van der Waals surface area contributed by atoms with Gasteiger partial charge in [-0.15, -0.1) is 0 Å². The molecule has 1 aliphatic carbocycles. The fourth-order valence-corrected chi connectivity index (χ4v) is 2.49. The summed E-state index contributed by atoms with van der Waals surface area (Å²) < 4.78 is 0. The topological polar surface area (TPSA) is 0 Å². The van der Waals surface area contributed by atoms with Crippen molar-refractivity contribution in [1.29, 1.82) is 0 Å². The van der Waals surface area contributed by atoms with Gasteiger partial charge in [-0.05, 0) is 33.0 Å². The van der Waals surface area contributed by atoms with Crippen LogP contribution in [0.15, 0.2) is 36.4 Å². The second-order valence-electron chi connectivity index (χ2n) is 4.84. The van der Waals surface area contributed by atoms with Crippen molar-refractivity contribution in [1.82, 2.24) is 0 Å². The lowest BCUT2D eigenvalue weighted by atomic mass is 9.88. The number of hydrogen-bond acceptors (Lipinski definition) is 0. The minimum Gasteiger partial charge on any atom is -0.0732 e. The van der Waals surface area contributed by atoms with E-state index in [-0.39, 0.29) is 0 Å². The van der Waals surface area contributed by atoms with Crippen molar-refractivity contribution in [3.63, 3.8) is 0 Å². The second kappa shape index (κ2) is 3.48. The van der Waals surface area contributed by atoms with E-state index in [0.717, 1.165) is 0 Å². The number of fused-ring (bicyclic) bond motifs is 3. The smallest absolute Gasteiger partial charge is 0.0109 e. The Kier molecular flexibility index (Phi) is 2.10. The Morgan fingerprint density at radius 3 is 2.44 bits per heavy atom. The first-order valence-corrected chi connectivity index (χ1v) is 5.97. The predicted octanol–water partition coefficient (Wildman–Crippen LogP) is 2.69. The zero-order valence-electron chi connectivity index (χ0n) is 9.77. The Morgan fingerprint density at radius 2 is 1.56 bits per heavy atom. The second-order valence-corrected chi connectivity index (χ2v) is 4.84. The third kappa shape index (κ3) is 1.37. The van der Waals surface area contributed by atoms with Gasteiger partial charge in [0.25, 0.3) is 0 Å². The molecule has 2 aromatic carbocycles. The average Bonchev–Trinajstić information content (AvgIpc) is 2.31. The molecule has 0 saturated carbocycles. The van der Waals surface area contributed by atoms with Crippen molar-refractivity contribution in [3.05, 3.63) is 46.8 Å². The molecule has 3 rings (SSSR count). The molecule has 0 heteroatoms. The average molecular weight is 208 g/mol. The van der Waals surface area contributed by atoms with Gasteiger partial charge in [-0.3, -0.25) is 0 Å². The summed E-state index contributed by atoms with van der Waals surface area (Å²) in [7, 11) is 0. The van der Waals surface area contributed by atoms with Crippen LogP contribution in [0.4, 0.5) is 0 Å². The Morgan fingerprint density at radius 1 is 0.812 bits per heavy atom. The van der Waals surface area contributed by atoms with Gasteiger partial charge in [0.05, 0.1) is 0 Å². The van der Waals surface area contributed by atoms with Gasteiger partial charge in [-0.1, -0.05) is 62.4 Å². The molecule has 0 amide bonds. The maximum Gasteiger partial charge on any atom is -0.0109 e. The van der Waals surface area contributed by atoms with E-state index in [1.165, 1.54) is 21.2 Å². The molecule has 2 atom stereocenters. The molecular formula is C16H16. The summed E-state index contributed by atoms with van der Waals surface area (Å²) in [4.78, 5) is 0. The zero-order chi connectivity index (χ0) is 11.1. The van der Waals surface area contributed by atoms with E-state index in [0.29, 0.717) is 11.8 Å². The van der Waals surface area contributed by atoms with Crippen molar-refractivity contribution in [2.24, 2.45) is 11.8 Å². The molecule has 0 radical (unpaired) electrons. The highest BCUT2D eigenvalue weighted by molar-refractivity contribution is 5.84. The summed E-state index contributed by atoms with van der Waals surface area (Å²) in [5.41, 5.74) is 0. The molecule has 0 aromatic heterocycles. The van der Waals surface area contributed by atoms with Crippen molar-refractivity contribution in [2.45, 2.75) is 13.8 Å². The molecule has 0 spiro atoms. The molecule has 16 heavy (non-hydrogen) atoms. The summed E-state index contributed by atoms with van der Waals surface area (Å²) >= 11 is 0. The lowest BCUT2D eigenvalue weighted by Gasteiger charge is -2.17. The lowest BCUT2D eigenvalue weighted by molar-refractivity contribution is 0.609. The van der Waals surface area contributed by atoms with E-state index >= 15 is 0 Å². The van der Waals surface area contributed by atoms with Crippen LogP contribution in [0, 0.1) is 11.8 Å². The minimum absolute atomic E-state index is 0.637. The molecule has 0 N–H and O–H groups in total. The van der Waals surface area contributed by atoms with Crippen molar-refractivity contribution in [3.8, 4) is 0 Å². The third-order valence-electron chi connectivity index (χ3n) is 3.71. The number of hydrogen-bond donors (Lipinski definition) is 0. The van der Waals surface area contributed by atoms with Crippen LogP contribution < -0.4 is 10.4 Å². The van der Waals surface area contributed by atoms with Crippen LogP contribution in [0.3, 0.4) is 0 Å². The Hall–Kier alpha value is -1.56. The van der Waals surface area contributed by atoms with Crippen LogP contribution in [-0.4, -0.2) is 0 Å². The summed E-state index contributed by atoms with van der Waals surface area (Å²) in [6.45, 7) is 4.59. The van der Waals surface area contributed by atoms with Crippen LogP contribution in [0.2, 0.25) is 0 Å². The maximum atomic E-state index is 2.42. The molecule has 0 bridgehead atoms. The first kappa shape index (κ1) is 9.65. The van der Waals surface area contributed by atoms with Crippen LogP contribution in [-0.2, 0) is 0 Å². The molecule has 2 aromatic rings. The van der Waals surface area contributed by atoms with Gasteiger partial charge >= 0.3 is 0 Å². The monoisotopic (exact) mass is 208 g/mol. The summed E-state index contributed by atoms with van der Waals surface area (Å²) in [6.07, 6.45) is 4.81.